The van der Waals surface area contributed by atoms with Gasteiger partial charge in [-0.3, -0.25) is 4.90 Å². The number of unbranched alkanes of at least 4 members (excludes halogenated alkanes) is 2. The summed E-state index contributed by atoms with van der Waals surface area (Å²) in [5.74, 6) is -0.382. The Balaban J connectivity index is 0.964. The van der Waals surface area contributed by atoms with Gasteiger partial charge in [0.15, 0.2) is 6.29 Å². The number of urea groups is 1. The monoisotopic (exact) mass is 813 g/mol. The van der Waals surface area contributed by atoms with Crippen LogP contribution in [0.2, 0.25) is 0 Å². The van der Waals surface area contributed by atoms with Gasteiger partial charge in [0.05, 0.1) is 24.7 Å². The molecular formula is C46H61F2N7O4. The van der Waals surface area contributed by atoms with E-state index in [1.54, 1.807) is 0 Å². The quantitative estimate of drug-likeness (QED) is 0.104. The summed E-state index contributed by atoms with van der Waals surface area (Å²) < 4.78 is 48.6. The van der Waals surface area contributed by atoms with E-state index in [-0.39, 0.29) is 49.0 Å². The molecule has 0 saturated carbocycles. The van der Waals surface area contributed by atoms with Gasteiger partial charge >= 0.3 is 6.03 Å². The predicted octanol–water partition coefficient (Wildman–Crippen LogP) is 9.02. The minimum atomic E-state index is -1.23. The van der Waals surface area contributed by atoms with Crippen molar-refractivity contribution in [3.8, 4) is 5.75 Å². The van der Waals surface area contributed by atoms with Gasteiger partial charge in [0.25, 0.3) is 0 Å². The number of benzene rings is 3. The molecule has 3 fully saturated rings. The first-order valence-corrected chi connectivity index (χ1v) is 21.5. The summed E-state index contributed by atoms with van der Waals surface area (Å²) in [6, 6.07) is 20.6. The van der Waals surface area contributed by atoms with E-state index >= 15 is 4.39 Å². The Bertz CT molecular complexity index is 1960. The Hall–Kier alpha value is -4.75. The number of piperazine rings is 1. The topological polar surface area (TPSA) is 88.4 Å². The second-order valence-electron chi connectivity index (χ2n) is 17.0. The maximum Gasteiger partial charge on any atom is 0.325 e. The maximum absolute atomic E-state index is 15.0. The molecule has 0 aliphatic carbocycles. The predicted molar refractivity (Wildman–Crippen MR) is 227 cm³/mol. The normalized spacial score (nSPS) is 22.0. The number of hydrogen-bond acceptors (Lipinski definition) is 8. The molecule has 2 amide bonds. The van der Waals surface area contributed by atoms with Gasteiger partial charge in [-0.15, -0.1) is 0 Å². The van der Waals surface area contributed by atoms with E-state index in [1.807, 2.05) is 12.1 Å². The van der Waals surface area contributed by atoms with Gasteiger partial charge in [-0.05, 0) is 87.2 Å². The number of carbonyl (C=O) groups is 1. The summed E-state index contributed by atoms with van der Waals surface area (Å²) in [6.07, 6.45) is 8.55. The van der Waals surface area contributed by atoms with Crippen molar-refractivity contribution in [3.05, 3.63) is 96.6 Å². The molecule has 0 N–H and O–H groups in total. The Morgan fingerprint density at radius 1 is 0.847 bits per heavy atom. The second kappa shape index (κ2) is 18.3. The first kappa shape index (κ1) is 42.4. The van der Waals surface area contributed by atoms with Crippen LogP contribution in [0.3, 0.4) is 0 Å². The average Bonchev–Trinajstić information content (AvgIpc) is 3.96. The summed E-state index contributed by atoms with van der Waals surface area (Å²) in [4.78, 5) is 27.6. The number of amides is 2. The smallest absolute Gasteiger partial charge is 0.325 e. The summed E-state index contributed by atoms with van der Waals surface area (Å²) >= 11 is 0. The summed E-state index contributed by atoms with van der Waals surface area (Å²) in [5.41, 5.74) is 1.99. The molecular weight excluding hydrogens is 753 g/mol. The average molecular weight is 814 g/mol. The lowest BCUT2D eigenvalue weighted by Gasteiger charge is -2.44. The van der Waals surface area contributed by atoms with Crippen LogP contribution in [0.15, 0.2) is 79.4 Å². The fourth-order valence-corrected chi connectivity index (χ4v) is 9.60. The molecule has 3 saturated heterocycles. The standard InChI is InChI=1S/C46H61F2N7O4/c1-7-9-21-45(22-10-8-2)43(33(3)4)54(34(5)6)44(56)55(45)38-14-12-36(13-15-38)51-23-25-52(26-24-51)37-16-18-39(19-17-37)57-28-42-58-30-46(59-42,29-53-32-49-31-50-53)40-20-11-35(47)27-41(40)48/h11-20,27,31-34,42-43H,7-10,21-26,28-30H2,1-6H3/t42-,43-,46+/m0/s1. The molecule has 13 heteroatoms. The largest absolute Gasteiger partial charge is 0.488 e. The summed E-state index contributed by atoms with van der Waals surface area (Å²) in [6.45, 7) is 17.1. The highest BCUT2D eigenvalue weighted by Crippen LogP contribution is 2.47. The van der Waals surface area contributed by atoms with Crippen molar-refractivity contribution in [3.63, 3.8) is 0 Å². The van der Waals surface area contributed by atoms with E-state index < -0.39 is 23.5 Å². The Morgan fingerprint density at radius 2 is 1.46 bits per heavy atom. The minimum absolute atomic E-state index is 0.0329. The third-order valence-electron chi connectivity index (χ3n) is 12.3. The number of halogens is 2. The summed E-state index contributed by atoms with van der Waals surface area (Å²) in [5, 5.41) is 4.16. The number of anilines is 3. The highest BCUT2D eigenvalue weighted by atomic mass is 19.1. The third kappa shape index (κ3) is 8.77. The van der Waals surface area contributed by atoms with E-state index in [0.717, 1.165) is 82.1 Å². The van der Waals surface area contributed by atoms with Gasteiger partial charge in [0, 0.05) is 60.9 Å². The Kier molecular flexibility index (Phi) is 13.1. The third-order valence-corrected chi connectivity index (χ3v) is 12.3. The van der Waals surface area contributed by atoms with E-state index in [2.05, 4.69) is 108 Å². The fourth-order valence-electron chi connectivity index (χ4n) is 9.60. The van der Waals surface area contributed by atoms with Crippen molar-refractivity contribution in [1.82, 2.24) is 19.7 Å². The number of nitrogens with zero attached hydrogens (tertiary/aromatic N) is 7. The molecule has 3 atom stereocenters. The van der Waals surface area contributed by atoms with Crippen LogP contribution in [0, 0.1) is 17.6 Å². The number of aromatic nitrogens is 3. The molecule has 3 aliphatic heterocycles. The van der Waals surface area contributed by atoms with Crippen molar-refractivity contribution >= 4 is 23.1 Å². The van der Waals surface area contributed by atoms with Crippen LogP contribution >= 0.6 is 0 Å². The molecule has 0 unspecified atom stereocenters. The molecule has 0 spiro atoms. The van der Waals surface area contributed by atoms with Gasteiger partial charge in [0.1, 0.15) is 42.2 Å². The van der Waals surface area contributed by atoms with E-state index in [0.29, 0.717) is 11.7 Å². The van der Waals surface area contributed by atoms with Gasteiger partial charge in [-0.2, -0.15) is 5.10 Å². The minimum Gasteiger partial charge on any atom is -0.488 e. The maximum atomic E-state index is 15.0. The Labute approximate surface area is 348 Å². The van der Waals surface area contributed by atoms with E-state index in [4.69, 9.17) is 14.2 Å². The van der Waals surface area contributed by atoms with Crippen LogP contribution in [0.4, 0.5) is 30.6 Å². The zero-order chi connectivity index (χ0) is 41.7. The first-order valence-electron chi connectivity index (χ1n) is 21.5. The van der Waals surface area contributed by atoms with E-state index in [9.17, 15) is 9.18 Å². The number of rotatable bonds is 17. The molecule has 11 nitrogen and oxygen atoms in total. The van der Waals surface area contributed by atoms with Crippen molar-refractivity contribution in [2.75, 3.05) is 54.1 Å². The van der Waals surface area contributed by atoms with Gasteiger partial charge in [-0.1, -0.05) is 59.4 Å². The number of ether oxygens (including phenoxy) is 3. The lowest BCUT2D eigenvalue weighted by Crippen LogP contribution is -2.55. The van der Waals surface area contributed by atoms with Crippen molar-refractivity contribution in [2.45, 2.75) is 116 Å². The highest BCUT2D eigenvalue weighted by molar-refractivity contribution is 5.97. The van der Waals surface area contributed by atoms with Crippen molar-refractivity contribution < 1.29 is 27.8 Å². The molecule has 1 aromatic heterocycles. The summed E-state index contributed by atoms with van der Waals surface area (Å²) in [7, 11) is 0. The highest BCUT2D eigenvalue weighted by Gasteiger charge is 2.58. The lowest BCUT2D eigenvalue weighted by atomic mass is 9.75. The molecule has 3 aromatic carbocycles. The van der Waals surface area contributed by atoms with Crippen molar-refractivity contribution in [1.29, 1.82) is 0 Å². The fraction of sp³-hybridized carbons (Fsp3) is 0.543. The van der Waals surface area contributed by atoms with Crippen LogP contribution in [0.25, 0.3) is 0 Å². The van der Waals surface area contributed by atoms with Crippen LogP contribution in [0.1, 0.15) is 85.6 Å². The molecule has 3 aliphatic rings. The zero-order valence-corrected chi connectivity index (χ0v) is 35.5. The molecule has 7 rings (SSSR count). The first-order chi connectivity index (χ1) is 28.5. The van der Waals surface area contributed by atoms with Gasteiger partial charge < -0.3 is 28.9 Å². The van der Waals surface area contributed by atoms with Crippen LogP contribution in [-0.4, -0.2) is 89.0 Å². The van der Waals surface area contributed by atoms with E-state index in [1.165, 1.54) is 35.2 Å². The molecule has 0 bridgehead atoms. The Morgan fingerprint density at radius 3 is 2.00 bits per heavy atom. The van der Waals surface area contributed by atoms with Gasteiger partial charge in [0.2, 0.25) is 0 Å². The van der Waals surface area contributed by atoms with Crippen LogP contribution in [0.5, 0.6) is 5.75 Å². The zero-order valence-electron chi connectivity index (χ0n) is 35.5. The number of hydrogen-bond donors (Lipinski definition) is 0. The lowest BCUT2D eigenvalue weighted by molar-refractivity contribution is -0.117. The molecule has 0 radical (unpaired) electrons. The molecule has 59 heavy (non-hydrogen) atoms. The molecule has 4 heterocycles. The molecule has 4 aromatic rings. The van der Waals surface area contributed by atoms with Crippen LogP contribution in [-0.2, 0) is 21.6 Å². The SMILES string of the molecule is CCCCC1(CCCC)[C@H](C(C)C)N(C(C)C)C(=O)N1c1ccc(N2CCN(c3ccc(OC[C@H]4OC[C@](Cn5cncn5)(c5ccc(F)cc5F)O4)cc3)CC2)cc1. The van der Waals surface area contributed by atoms with Crippen LogP contribution < -0.4 is 19.4 Å². The number of carbonyl (C=O) groups excluding carboxylic acids is 1. The molecule has 318 valence electrons. The van der Waals surface area contributed by atoms with Gasteiger partial charge in [-0.25, -0.2) is 23.2 Å². The second-order valence-corrected chi connectivity index (χ2v) is 17.0. The van der Waals surface area contributed by atoms with Crippen molar-refractivity contribution in [2.24, 2.45) is 5.92 Å².